The van der Waals surface area contributed by atoms with E-state index in [1.54, 1.807) is 59.7 Å². The highest BCUT2D eigenvalue weighted by Gasteiger charge is 2.11. The SMILES string of the molecule is O=C(CNC(=O)c1ccccc1Cl)Nc1cccc(-n2cnnc2)c1. The molecule has 25 heavy (non-hydrogen) atoms. The van der Waals surface area contributed by atoms with Crippen molar-refractivity contribution in [1.82, 2.24) is 20.1 Å². The van der Waals surface area contributed by atoms with Gasteiger partial charge in [0.1, 0.15) is 12.7 Å². The Bertz CT molecular complexity index is 896. The second-order valence-corrected chi connectivity index (χ2v) is 5.54. The van der Waals surface area contributed by atoms with Crippen LogP contribution < -0.4 is 10.6 Å². The Balaban J connectivity index is 1.59. The number of rotatable bonds is 5. The van der Waals surface area contributed by atoms with E-state index in [4.69, 9.17) is 11.6 Å². The third-order valence-corrected chi connectivity index (χ3v) is 3.70. The van der Waals surface area contributed by atoms with Crippen LogP contribution in [0.15, 0.2) is 61.2 Å². The Morgan fingerprint density at radius 3 is 2.56 bits per heavy atom. The number of carbonyl (C=O) groups excluding carboxylic acids is 2. The molecule has 0 fully saturated rings. The highest BCUT2D eigenvalue weighted by atomic mass is 35.5. The monoisotopic (exact) mass is 355 g/mol. The summed E-state index contributed by atoms with van der Waals surface area (Å²) in [6, 6.07) is 13.8. The summed E-state index contributed by atoms with van der Waals surface area (Å²) in [5, 5.41) is 13.1. The van der Waals surface area contributed by atoms with Crippen LogP contribution in [0.4, 0.5) is 5.69 Å². The van der Waals surface area contributed by atoms with E-state index < -0.39 is 5.91 Å². The fourth-order valence-corrected chi connectivity index (χ4v) is 2.41. The molecule has 3 aromatic rings. The van der Waals surface area contributed by atoms with Crippen LogP contribution in [0, 0.1) is 0 Å². The minimum Gasteiger partial charge on any atom is -0.343 e. The van der Waals surface area contributed by atoms with Crippen LogP contribution in [0.3, 0.4) is 0 Å². The molecule has 0 spiro atoms. The zero-order valence-corrected chi connectivity index (χ0v) is 13.8. The molecule has 2 amide bonds. The molecule has 0 aliphatic rings. The molecule has 126 valence electrons. The minimum atomic E-state index is -0.404. The number of nitrogens with one attached hydrogen (secondary N) is 2. The molecular weight excluding hydrogens is 342 g/mol. The summed E-state index contributed by atoms with van der Waals surface area (Å²) in [7, 11) is 0. The largest absolute Gasteiger partial charge is 0.343 e. The topological polar surface area (TPSA) is 88.9 Å². The van der Waals surface area contributed by atoms with Gasteiger partial charge in [-0.05, 0) is 30.3 Å². The van der Waals surface area contributed by atoms with Gasteiger partial charge in [-0.2, -0.15) is 0 Å². The van der Waals surface area contributed by atoms with Gasteiger partial charge in [0.2, 0.25) is 5.91 Å². The smallest absolute Gasteiger partial charge is 0.253 e. The van der Waals surface area contributed by atoms with E-state index in [-0.39, 0.29) is 12.5 Å². The predicted octanol–water partition coefficient (Wildman–Crippen LogP) is 2.29. The van der Waals surface area contributed by atoms with Crippen molar-refractivity contribution >= 4 is 29.1 Å². The summed E-state index contributed by atoms with van der Waals surface area (Å²) >= 11 is 5.96. The third kappa shape index (κ3) is 4.21. The molecule has 0 aliphatic heterocycles. The second-order valence-electron chi connectivity index (χ2n) is 5.13. The van der Waals surface area contributed by atoms with E-state index in [0.29, 0.717) is 16.3 Å². The fourth-order valence-electron chi connectivity index (χ4n) is 2.18. The van der Waals surface area contributed by atoms with E-state index in [0.717, 1.165) is 5.69 Å². The first kappa shape index (κ1) is 16.7. The zero-order chi connectivity index (χ0) is 17.6. The van der Waals surface area contributed by atoms with E-state index >= 15 is 0 Å². The van der Waals surface area contributed by atoms with Crippen molar-refractivity contribution in [2.75, 3.05) is 11.9 Å². The molecule has 1 aromatic heterocycles. The fraction of sp³-hybridized carbons (Fsp3) is 0.0588. The highest BCUT2D eigenvalue weighted by Crippen LogP contribution is 2.15. The number of amides is 2. The first-order chi connectivity index (χ1) is 12.1. The molecule has 0 aliphatic carbocycles. The van der Waals surface area contributed by atoms with Crippen LogP contribution in [-0.4, -0.2) is 33.1 Å². The molecule has 0 saturated carbocycles. The molecule has 0 saturated heterocycles. The van der Waals surface area contributed by atoms with Crippen molar-refractivity contribution in [2.24, 2.45) is 0 Å². The highest BCUT2D eigenvalue weighted by molar-refractivity contribution is 6.33. The number of benzene rings is 2. The molecule has 2 N–H and O–H groups in total. The van der Waals surface area contributed by atoms with E-state index in [2.05, 4.69) is 20.8 Å². The van der Waals surface area contributed by atoms with Crippen molar-refractivity contribution in [1.29, 1.82) is 0 Å². The average molecular weight is 356 g/mol. The molecular formula is C17H14ClN5O2. The van der Waals surface area contributed by atoms with Gasteiger partial charge in [0.25, 0.3) is 5.91 Å². The molecule has 0 unspecified atom stereocenters. The Hall–Kier alpha value is -3.19. The Morgan fingerprint density at radius 2 is 1.80 bits per heavy atom. The summed E-state index contributed by atoms with van der Waals surface area (Å²) in [5.41, 5.74) is 1.73. The molecule has 7 nitrogen and oxygen atoms in total. The maximum Gasteiger partial charge on any atom is 0.253 e. The van der Waals surface area contributed by atoms with Gasteiger partial charge in [-0.3, -0.25) is 14.2 Å². The van der Waals surface area contributed by atoms with Gasteiger partial charge in [0.05, 0.1) is 22.8 Å². The maximum atomic E-state index is 12.0. The van der Waals surface area contributed by atoms with Gasteiger partial charge in [-0.15, -0.1) is 10.2 Å². The number of hydrogen-bond donors (Lipinski definition) is 2. The number of nitrogens with zero attached hydrogens (tertiary/aromatic N) is 3. The van der Waals surface area contributed by atoms with Crippen LogP contribution in [0.25, 0.3) is 5.69 Å². The number of aromatic nitrogens is 3. The average Bonchev–Trinajstić information content (AvgIpc) is 3.15. The standard InChI is InChI=1S/C17H14ClN5O2/c18-15-7-2-1-6-14(15)17(25)19-9-16(24)22-12-4-3-5-13(8-12)23-10-20-21-11-23/h1-8,10-11H,9H2,(H,19,25)(H,22,24). The van der Waals surface area contributed by atoms with Crippen LogP contribution in [-0.2, 0) is 4.79 Å². The maximum absolute atomic E-state index is 12.0. The van der Waals surface area contributed by atoms with Gasteiger partial charge in [-0.1, -0.05) is 29.8 Å². The lowest BCUT2D eigenvalue weighted by molar-refractivity contribution is -0.115. The van der Waals surface area contributed by atoms with Crippen LogP contribution >= 0.6 is 11.6 Å². The van der Waals surface area contributed by atoms with E-state index in [1.807, 2.05) is 6.07 Å². The van der Waals surface area contributed by atoms with E-state index in [1.165, 1.54) is 0 Å². The third-order valence-electron chi connectivity index (χ3n) is 3.37. The summed E-state index contributed by atoms with van der Waals surface area (Å²) < 4.78 is 1.72. The second kappa shape index (κ2) is 7.59. The number of anilines is 1. The molecule has 0 bridgehead atoms. The van der Waals surface area contributed by atoms with Gasteiger partial charge in [0.15, 0.2) is 0 Å². The molecule has 2 aromatic carbocycles. The van der Waals surface area contributed by atoms with Gasteiger partial charge >= 0.3 is 0 Å². The summed E-state index contributed by atoms with van der Waals surface area (Å²) in [5.74, 6) is -0.750. The summed E-state index contributed by atoms with van der Waals surface area (Å²) in [4.78, 5) is 24.1. The molecule has 8 heteroatoms. The number of hydrogen-bond acceptors (Lipinski definition) is 4. The zero-order valence-electron chi connectivity index (χ0n) is 13.0. The Morgan fingerprint density at radius 1 is 1.04 bits per heavy atom. The minimum absolute atomic E-state index is 0.166. The van der Waals surface area contributed by atoms with Crippen molar-refractivity contribution < 1.29 is 9.59 Å². The summed E-state index contributed by atoms with van der Waals surface area (Å²) in [6.07, 6.45) is 3.12. The van der Waals surface area contributed by atoms with Crippen LogP contribution in [0.1, 0.15) is 10.4 Å². The first-order valence-electron chi connectivity index (χ1n) is 7.41. The molecule has 3 rings (SSSR count). The predicted molar refractivity (Wildman–Crippen MR) is 93.8 cm³/mol. The van der Waals surface area contributed by atoms with Crippen molar-refractivity contribution in [3.63, 3.8) is 0 Å². The molecule has 1 heterocycles. The van der Waals surface area contributed by atoms with Crippen LogP contribution in [0.5, 0.6) is 0 Å². The van der Waals surface area contributed by atoms with E-state index in [9.17, 15) is 9.59 Å². The lowest BCUT2D eigenvalue weighted by Gasteiger charge is -2.09. The van der Waals surface area contributed by atoms with Gasteiger partial charge in [0, 0.05) is 5.69 Å². The van der Waals surface area contributed by atoms with Gasteiger partial charge < -0.3 is 10.6 Å². The van der Waals surface area contributed by atoms with Crippen LogP contribution in [0.2, 0.25) is 5.02 Å². The Labute approximate surface area is 148 Å². The van der Waals surface area contributed by atoms with Crippen molar-refractivity contribution in [3.8, 4) is 5.69 Å². The number of halogens is 1. The normalized spacial score (nSPS) is 10.3. The quantitative estimate of drug-likeness (QED) is 0.735. The van der Waals surface area contributed by atoms with Gasteiger partial charge in [-0.25, -0.2) is 0 Å². The summed E-state index contributed by atoms with van der Waals surface area (Å²) in [6.45, 7) is -0.166. The van der Waals surface area contributed by atoms with Crippen molar-refractivity contribution in [3.05, 3.63) is 71.8 Å². The Kier molecular flexibility index (Phi) is 5.06. The lowest BCUT2D eigenvalue weighted by atomic mass is 10.2. The molecule has 0 atom stereocenters. The molecule has 0 radical (unpaired) electrons. The lowest BCUT2D eigenvalue weighted by Crippen LogP contribution is -2.33. The first-order valence-corrected chi connectivity index (χ1v) is 7.79. The number of carbonyl (C=O) groups is 2. The van der Waals surface area contributed by atoms with Crippen molar-refractivity contribution in [2.45, 2.75) is 0 Å².